The van der Waals surface area contributed by atoms with E-state index in [1.165, 1.54) is 18.2 Å². The van der Waals surface area contributed by atoms with Crippen LogP contribution in [0.3, 0.4) is 0 Å². The average Bonchev–Trinajstić information content (AvgIpc) is 2.02. The molecule has 0 amide bonds. The maximum Gasteiger partial charge on any atom is 0.342 e. The van der Waals surface area contributed by atoms with Gasteiger partial charge in [-0.1, -0.05) is 23.7 Å². The summed E-state index contributed by atoms with van der Waals surface area (Å²) < 4.78 is 44.0. The van der Waals surface area contributed by atoms with Crippen LogP contribution in [0.5, 0.6) is 0 Å². The molecule has 0 saturated carbocycles. The van der Waals surface area contributed by atoms with Crippen molar-refractivity contribution in [3.63, 3.8) is 0 Å². The zero-order chi connectivity index (χ0) is 11.0. The van der Waals surface area contributed by atoms with Gasteiger partial charge in [-0.2, -0.15) is 8.42 Å². The second-order valence-electron chi connectivity index (χ2n) is 2.28. The van der Waals surface area contributed by atoms with Crippen molar-refractivity contribution in [2.45, 2.75) is 4.90 Å². The van der Waals surface area contributed by atoms with Gasteiger partial charge in [0.05, 0.1) is 5.02 Å². The maximum atomic E-state index is 11.3. The van der Waals surface area contributed by atoms with Crippen molar-refractivity contribution in [2.75, 3.05) is 0 Å². The lowest BCUT2D eigenvalue weighted by Crippen LogP contribution is -2.09. The van der Waals surface area contributed by atoms with Gasteiger partial charge in [-0.3, -0.25) is 0 Å². The molecule has 0 unspecified atom stereocenters. The molecule has 1 aromatic rings. The number of hydrogen-bond donors (Lipinski definition) is 0. The fourth-order valence-corrected chi connectivity index (χ4v) is 3.79. The van der Waals surface area contributed by atoms with Crippen molar-refractivity contribution in [2.24, 2.45) is 0 Å². The lowest BCUT2D eigenvalue weighted by Gasteiger charge is -2.01. The zero-order valence-electron chi connectivity index (χ0n) is 6.51. The summed E-state index contributed by atoms with van der Waals surface area (Å²) in [6.45, 7) is 0. The summed E-state index contributed by atoms with van der Waals surface area (Å²) >= 11 is 5.51. The number of hydrogen-bond acceptors (Lipinski definition) is 4. The predicted molar refractivity (Wildman–Crippen MR) is 53.4 cm³/mol. The van der Waals surface area contributed by atoms with Gasteiger partial charge < -0.3 is 0 Å². The smallest absolute Gasteiger partial charge is 0.206 e. The van der Waals surface area contributed by atoms with Crippen molar-refractivity contribution >= 4 is 39.2 Å². The SMILES string of the molecule is O=S(=O)(Cl)S(=O)(=O)c1ccccc1Cl. The van der Waals surface area contributed by atoms with E-state index in [9.17, 15) is 16.8 Å². The van der Waals surface area contributed by atoms with Crippen LogP contribution in [-0.4, -0.2) is 16.8 Å². The minimum Gasteiger partial charge on any atom is -0.206 e. The van der Waals surface area contributed by atoms with Crippen LogP contribution < -0.4 is 0 Å². The van der Waals surface area contributed by atoms with Gasteiger partial charge in [-0.15, -0.1) is 0 Å². The van der Waals surface area contributed by atoms with Crippen molar-refractivity contribution in [3.05, 3.63) is 29.3 Å². The molecule has 0 aromatic heterocycles. The Bertz CT molecular complexity index is 547. The second kappa shape index (κ2) is 3.69. The minimum absolute atomic E-state index is 0.184. The molecule has 14 heavy (non-hydrogen) atoms. The molecule has 1 rings (SSSR count). The van der Waals surface area contributed by atoms with E-state index in [0.717, 1.165) is 6.07 Å². The molecule has 0 aliphatic heterocycles. The van der Waals surface area contributed by atoms with Crippen molar-refractivity contribution in [1.29, 1.82) is 0 Å². The van der Waals surface area contributed by atoms with Crippen LogP contribution in [0.4, 0.5) is 0 Å². The largest absolute Gasteiger partial charge is 0.342 e. The molecule has 1 aromatic carbocycles. The Kier molecular flexibility index (Phi) is 3.10. The van der Waals surface area contributed by atoms with Crippen LogP contribution in [-0.2, 0) is 17.0 Å². The third-order valence-electron chi connectivity index (χ3n) is 1.37. The highest BCUT2D eigenvalue weighted by atomic mass is 35.8. The third kappa shape index (κ3) is 2.03. The molecule has 0 bridgehead atoms. The molecule has 0 fully saturated rings. The predicted octanol–water partition coefficient (Wildman–Crippen LogP) is 1.60. The Balaban J connectivity index is 3.56. The summed E-state index contributed by atoms with van der Waals surface area (Å²) in [5, 5.41) is -0.184. The number of rotatable bonds is 2. The van der Waals surface area contributed by atoms with Crippen LogP contribution in [0.15, 0.2) is 29.2 Å². The van der Waals surface area contributed by atoms with Gasteiger partial charge in [0, 0.05) is 10.7 Å². The maximum absolute atomic E-state index is 11.3. The van der Waals surface area contributed by atoms with E-state index in [1.54, 1.807) is 0 Å². The highest BCUT2D eigenvalue weighted by molar-refractivity contribution is 8.75. The van der Waals surface area contributed by atoms with Gasteiger partial charge in [-0.05, 0) is 12.1 Å². The van der Waals surface area contributed by atoms with E-state index in [1.807, 2.05) is 0 Å². The van der Waals surface area contributed by atoms with E-state index < -0.39 is 21.8 Å². The fraction of sp³-hybridized carbons (Fsp3) is 0. The molecular weight excluding hydrogens is 271 g/mol. The molecular formula is C6H4Cl2O4S2. The summed E-state index contributed by atoms with van der Waals surface area (Å²) in [5.74, 6) is 0. The van der Waals surface area contributed by atoms with Crippen molar-refractivity contribution in [1.82, 2.24) is 0 Å². The van der Waals surface area contributed by atoms with Crippen LogP contribution >= 0.6 is 22.3 Å². The standard InChI is InChI=1S/C6H4Cl2O4S2/c7-5-3-1-2-4-6(5)13(9,10)14(8,11)12/h1-4H. The van der Waals surface area contributed by atoms with Crippen LogP contribution in [0.1, 0.15) is 0 Å². The fourth-order valence-electron chi connectivity index (χ4n) is 0.755. The second-order valence-corrected chi connectivity index (χ2v) is 9.22. The molecule has 4 nitrogen and oxygen atoms in total. The molecule has 0 aliphatic rings. The molecule has 0 N–H and O–H groups in total. The molecule has 0 spiro atoms. The molecule has 0 atom stereocenters. The lowest BCUT2D eigenvalue weighted by molar-refractivity contribution is 0.589. The Labute approximate surface area is 90.2 Å². The monoisotopic (exact) mass is 274 g/mol. The summed E-state index contributed by atoms with van der Waals surface area (Å²) in [6, 6.07) is 5.15. The summed E-state index contributed by atoms with van der Waals surface area (Å²) in [4.78, 5) is -0.517. The van der Waals surface area contributed by atoms with Crippen LogP contribution in [0.25, 0.3) is 0 Å². The average molecular weight is 275 g/mol. The highest BCUT2D eigenvalue weighted by Crippen LogP contribution is 2.26. The zero-order valence-corrected chi connectivity index (χ0v) is 9.66. The van der Waals surface area contributed by atoms with Gasteiger partial charge in [0.25, 0.3) is 8.87 Å². The minimum atomic E-state index is -4.72. The van der Waals surface area contributed by atoms with Gasteiger partial charge in [-0.25, -0.2) is 8.42 Å². The molecule has 8 heteroatoms. The van der Waals surface area contributed by atoms with Gasteiger partial charge in [0.1, 0.15) is 4.90 Å². The topological polar surface area (TPSA) is 68.3 Å². The normalized spacial score (nSPS) is 12.7. The van der Waals surface area contributed by atoms with E-state index in [4.69, 9.17) is 22.3 Å². The number of benzene rings is 1. The third-order valence-corrected chi connectivity index (χ3v) is 6.83. The van der Waals surface area contributed by atoms with E-state index >= 15 is 0 Å². The van der Waals surface area contributed by atoms with Crippen molar-refractivity contribution in [3.8, 4) is 0 Å². The molecule has 0 radical (unpaired) electrons. The van der Waals surface area contributed by atoms with Gasteiger partial charge in [0.2, 0.25) is 0 Å². The highest BCUT2D eigenvalue weighted by Gasteiger charge is 2.31. The lowest BCUT2D eigenvalue weighted by atomic mass is 10.4. The van der Waals surface area contributed by atoms with Crippen LogP contribution in [0.2, 0.25) is 5.02 Å². The Hall–Kier alpha value is -0.300. The van der Waals surface area contributed by atoms with Crippen LogP contribution in [0, 0.1) is 0 Å². The Morgan fingerprint density at radius 3 is 1.93 bits per heavy atom. The van der Waals surface area contributed by atoms with Gasteiger partial charge >= 0.3 is 8.08 Å². The van der Waals surface area contributed by atoms with E-state index in [0.29, 0.717) is 0 Å². The van der Waals surface area contributed by atoms with E-state index in [2.05, 4.69) is 0 Å². The number of halogens is 2. The summed E-state index contributed by atoms with van der Waals surface area (Å²) in [7, 11) is -4.56. The molecule has 0 saturated heterocycles. The first kappa shape index (κ1) is 11.8. The first-order chi connectivity index (χ1) is 6.27. The molecule has 0 heterocycles. The van der Waals surface area contributed by atoms with Crippen molar-refractivity contribution < 1.29 is 16.8 Å². The quantitative estimate of drug-likeness (QED) is 0.607. The summed E-state index contributed by atoms with van der Waals surface area (Å²) in [5.41, 5.74) is 0. The molecule has 0 aliphatic carbocycles. The first-order valence-electron chi connectivity index (χ1n) is 3.21. The Morgan fingerprint density at radius 2 is 1.50 bits per heavy atom. The Morgan fingerprint density at radius 1 is 1.00 bits per heavy atom. The summed E-state index contributed by atoms with van der Waals surface area (Å²) in [6.07, 6.45) is 0. The molecule has 78 valence electrons. The van der Waals surface area contributed by atoms with E-state index in [-0.39, 0.29) is 5.02 Å². The first-order valence-corrected chi connectivity index (χ1v) is 7.90. The van der Waals surface area contributed by atoms with Gasteiger partial charge in [0.15, 0.2) is 0 Å².